The van der Waals surface area contributed by atoms with Crippen molar-refractivity contribution in [2.24, 2.45) is 0 Å². The average Bonchev–Trinajstić information content (AvgIpc) is 3.30. The van der Waals surface area contributed by atoms with E-state index in [1.807, 2.05) is 19.2 Å². The SMILES string of the molecule is CCn1c(=O)c2cn[nH]c2c2ccc(-c3ccc4[nH]ncc4c3)cc21. The van der Waals surface area contributed by atoms with Gasteiger partial charge in [-0.2, -0.15) is 10.2 Å². The van der Waals surface area contributed by atoms with Crippen molar-refractivity contribution in [2.75, 3.05) is 0 Å². The van der Waals surface area contributed by atoms with Crippen molar-refractivity contribution in [3.05, 3.63) is 59.1 Å². The molecule has 122 valence electrons. The van der Waals surface area contributed by atoms with E-state index in [0.717, 1.165) is 38.4 Å². The lowest BCUT2D eigenvalue weighted by atomic mass is 10.0. The van der Waals surface area contributed by atoms with Crippen LogP contribution in [-0.4, -0.2) is 25.0 Å². The maximum absolute atomic E-state index is 12.7. The first-order valence-electron chi connectivity index (χ1n) is 8.19. The Kier molecular flexibility index (Phi) is 2.82. The number of aromatic amines is 2. The Morgan fingerprint density at radius 1 is 0.960 bits per heavy atom. The number of pyridine rings is 1. The van der Waals surface area contributed by atoms with Crippen LogP contribution in [0, 0.1) is 0 Å². The summed E-state index contributed by atoms with van der Waals surface area (Å²) in [4.78, 5) is 12.7. The number of nitrogens with zero attached hydrogens (tertiary/aromatic N) is 3. The number of H-pyrrole nitrogens is 2. The molecule has 0 atom stereocenters. The minimum atomic E-state index is -0.0128. The number of fused-ring (bicyclic) bond motifs is 4. The van der Waals surface area contributed by atoms with Gasteiger partial charge in [-0.3, -0.25) is 15.0 Å². The van der Waals surface area contributed by atoms with Crippen LogP contribution in [0.2, 0.25) is 0 Å². The minimum Gasteiger partial charge on any atom is -0.308 e. The van der Waals surface area contributed by atoms with Crippen LogP contribution in [0.4, 0.5) is 0 Å². The molecule has 5 aromatic rings. The lowest BCUT2D eigenvalue weighted by Gasteiger charge is -2.11. The van der Waals surface area contributed by atoms with Crippen LogP contribution in [-0.2, 0) is 6.54 Å². The zero-order valence-electron chi connectivity index (χ0n) is 13.6. The molecule has 0 aliphatic carbocycles. The van der Waals surface area contributed by atoms with Crippen molar-refractivity contribution in [1.29, 1.82) is 0 Å². The fraction of sp³-hybridized carbons (Fsp3) is 0.105. The normalized spacial score (nSPS) is 11.7. The zero-order valence-corrected chi connectivity index (χ0v) is 13.6. The average molecular weight is 329 g/mol. The molecule has 5 rings (SSSR count). The molecule has 0 aliphatic rings. The maximum atomic E-state index is 12.7. The van der Waals surface area contributed by atoms with E-state index in [4.69, 9.17) is 0 Å². The summed E-state index contributed by atoms with van der Waals surface area (Å²) in [5.74, 6) is 0. The first-order chi connectivity index (χ1) is 12.3. The molecule has 0 bridgehead atoms. The summed E-state index contributed by atoms with van der Waals surface area (Å²) in [5, 5.41) is 16.7. The van der Waals surface area contributed by atoms with Crippen molar-refractivity contribution in [1.82, 2.24) is 25.0 Å². The van der Waals surface area contributed by atoms with E-state index in [9.17, 15) is 4.79 Å². The second kappa shape index (κ2) is 5.04. The molecule has 6 heteroatoms. The zero-order chi connectivity index (χ0) is 17.0. The van der Waals surface area contributed by atoms with E-state index in [-0.39, 0.29) is 5.56 Å². The Bertz CT molecular complexity index is 1310. The van der Waals surface area contributed by atoms with Crippen LogP contribution >= 0.6 is 0 Å². The number of hydrogen-bond donors (Lipinski definition) is 2. The number of aryl methyl sites for hydroxylation is 1. The Balaban J connectivity index is 1.83. The molecule has 0 amide bonds. The molecule has 0 aliphatic heterocycles. The van der Waals surface area contributed by atoms with Gasteiger partial charge in [0.05, 0.1) is 34.3 Å². The lowest BCUT2D eigenvalue weighted by molar-refractivity contribution is 0.767. The first-order valence-corrected chi connectivity index (χ1v) is 8.19. The van der Waals surface area contributed by atoms with Gasteiger partial charge in [0.1, 0.15) is 0 Å². The molecular formula is C19H15N5O. The fourth-order valence-electron chi connectivity index (χ4n) is 3.49. The number of hydrogen-bond acceptors (Lipinski definition) is 3. The maximum Gasteiger partial charge on any atom is 0.262 e. The Morgan fingerprint density at radius 2 is 1.76 bits per heavy atom. The van der Waals surface area contributed by atoms with Gasteiger partial charge >= 0.3 is 0 Å². The molecule has 0 spiro atoms. The molecular weight excluding hydrogens is 314 g/mol. The Labute approximate surface area is 142 Å². The Hall–Kier alpha value is -3.41. The molecule has 0 saturated heterocycles. The van der Waals surface area contributed by atoms with Crippen LogP contribution in [0.5, 0.6) is 0 Å². The number of rotatable bonds is 2. The topological polar surface area (TPSA) is 79.4 Å². The Morgan fingerprint density at radius 3 is 2.64 bits per heavy atom. The van der Waals surface area contributed by atoms with Gasteiger partial charge in [0, 0.05) is 17.3 Å². The summed E-state index contributed by atoms with van der Waals surface area (Å²) in [7, 11) is 0. The van der Waals surface area contributed by atoms with E-state index in [0.29, 0.717) is 11.9 Å². The van der Waals surface area contributed by atoms with Crippen molar-refractivity contribution in [2.45, 2.75) is 13.5 Å². The quantitative estimate of drug-likeness (QED) is 0.521. The summed E-state index contributed by atoms with van der Waals surface area (Å²) in [6.07, 6.45) is 3.42. The molecule has 0 saturated carbocycles. The largest absolute Gasteiger partial charge is 0.308 e. The van der Waals surface area contributed by atoms with Crippen molar-refractivity contribution >= 4 is 32.7 Å². The van der Waals surface area contributed by atoms with Crippen molar-refractivity contribution in [3.8, 4) is 11.1 Å². The molecule has 0 unspecified atom stereocenters. The molecule has 6 nitrogen and oxygen atoms in total. The van der Waals surface area contributed by atoms with Gasteiger partial charge in [-0.05, 0) is 36.2 Å². The highest BCUT2D eigenvalue weighted by Crippen LogP contribution is 2.28. The lowest BCUT2D eigenvalue weighted by Crippen LogP contribution is -2.19. The number of aromatic nitrogens is 5. The predicted octanol–water partition coefficient (Wildman–Crippen LogP) is 3.44. The van der Waals surface area contributed by atoms with E-state index in [1.165, 1.54) is 0 Å². The van der Waals surface area contributed by atoms with Gasteiger partial charge in [-0.15, -0.1) is 0 Å². The van der Waals surface area contributed by atoms with Gasteiger partial charge in [0.2, 0.25) is 0 Å². The van der Waals surface area contributed by atoms with Gasteiger partial charge in [0.25, 0.3) is 5.56 Å². The number of benzene rings is 2. The monoisotopic (exact) mass is 329 g/mol. The second-order valence-electron chi connectivity index (χ2n) is 6.11. The highest BCUT2D eigenvalue weighted by Gasteiger charge is 2.12. The standard InChI is InChI=1S/C19H15N5O/c1-2-24-17-8-12(11-4-6-16-13(7-11)9-20-22-16)3-5-14(17)18-15(19(24)25)10-21-23-18/h3-10H,2H2,1H3,(H,20,22)(H,21,23). The van der Waals surface area contributed by atoms with Crippen LogP contribution < -0.4 is 5.56 Å². The molecule has 0 radical (unpaired) electrons. The van der Waals surface area contributed by atoms with Gasteiger partial charge in [-0.1, -0.05) is 18.2 Å². The van der Waals surface area contributed by atoms with Gasteiger partial charge < -0.3 is 4.57 Å². The number of nitrogens with one attached hydrogen (secondary N) is 2. The molecule has 25 heavy (non-hydrogen) atoms. The summed E-state index contributed by atoms with van der Waals surface area (Å²) in [6.45, 7) is 2.59. The van der Waals surface area contributed by atoms with Crippen molar-refractivity contribution < 1.29 is 0 Å². The fourth-order valence-corrected chi connectivity index (χ4v) is 3.49. The van der Waals surface area contributed by atoms with Crippen LogP contribution in [0.1, 0.15) is 6.92 Å². The summed E-state index contributed by atoms with van der Waals surface area (Å²) < 4.78 is 1.80. The molecule has 2 aromatic carbocycles. The second-order valence-corrected chi connectivity index (χ2v) is 6.11. The molecule has 0 fully saturated rings. The van der Waals surface area contributed by atoms with E-state index in [1.54, 1.807) is 10.8 Å². The highest BCUT2D eigenvalue weighted by molar-refractivity contribution is 6.04. The smallest absolute Gasteiger partial charge is 0.262 e. The third kappa shape index (κ3) is 1.94. The molecule has 3 aromatic heterocycles. The van der Waals surface area contributed by atoms with E-state index < -0.39 is 0 Å². The highest BCUT2D eigenvalue weighted by atomic mass is 16.1. The molecule has 3 heterocycles. The van der Waals surface area contributed by atoms with E-state index >= 15 is 0 Å². The van der Waals surface area contributed by atoms with Crippen molar-refractivity contribution in [3.63, 3.8) is 0 Å². The third-order valence-corrected chi connectivity index (χ3v) is 4.76. The minimum absolute atomic E-state index is 0.0128. The summed E-state index contributed by atoms with van der Waals surface area (Å²) >= 11 is 0. The predicted molar refractivity (Wildman–Crippen MR) is 98.6 cm³/mol. The first kappa shape index (κ1) is 14.0. The van der Waals surface area contributed by atoms with Crippen LogP contribution in [0.15, 0.2) is 53.6 Å². The summed E-state index contributed by atoms with van der Waals surface area (Å²) in [5.41, 5.74) is 4.86. The molecule has 2 N–H and O–H groups in total. The van der Waals surface area contributed by atoms with Crippen LogP contribution in [0.25, 0.3) is 43.8 Å². The summed E-state index contributed by atoms with van der Waals surface area (Å²) in [6, 6.07) is 12.4. The van der Waals surface area contributed by atoms with Gasteiger partial charge in [-0.25, -0.2) is 0 Å². The third-order valence-electron chi connectivity index (χ3n) is 4.76. The van der Waals surface area contributed by atoms with Crippen LogP contribution in [0.3, 0.4) is 0 Å². The van der Waals surface area contributed by atoms with E-state index in [2.05, 4.69) is 50.7 Å². The van der Waals surface area contributed by atoms with Gasteiger partial charge in [0.15, 0.2) is 0 Å².